The molecule has 4 aliphatic heterocycles. The van der Waals surface area contributed by atoms with Crippen LogP contribution in [-0.2, 0) is 50.6 Å². The molecule has 0 aliphatic carbocycles. The Bertz CT molecular complexity index is 4780. The predicted molar refractivity (Wildman–Crippen MR) is 441 cm³/mol. The Labute approximate surface area is 649 Å². The van der Waals surface area contributed by atoms with Gasteiger partial charge in [0.2, 0.25) is 5.91 Å². The van der Waals surface area contributed by atoms with Crippen LogP contribution in [0.2, 0.25) is 5.02 Å². The number of hydrogen-bond acceptors (Lipinski definition) is 13. The summed E-state index contributed by atoms with van der Waals surface area (Å²) in [5.74, 6) is 8.01. The highest BCUT2D eigenvalue weighted by Crippen LogP contribution is 2.30. The van der Waals surface area contributed by atoms with Gasteiger partial charge in [0.25, 0.3) is 0 Å². The summed E-state index contributed by atoms with van der Waals surface area (Å²) in [6.07, 6.45) is 15.6. The van der Waals surface area contributed by atoms with Crippen molar-refractivity contribution in [3.05, 3.63) is 234 Å². The molecule has 0 radical (unpaired) electrons. The van der Waals surface area contributed by atoms with Gasteiger partial charge in [-0.3, -0.25) is 24.4 Å². The van der Waals surface area contributed by atoms with E-state index in [1.165, 1.54) is 125 Å². The number of imidazole rings is 4. The van der Waals surface area contributed by atoms with Crippen molar-refractivity contribution < 1.29 is 23.7 Å². The summed E-state index contributed by atoms with van der Waals surface area (Å²) in [5.41, 5.74) is 10.9. The van der Waals surface area contributed by atoms with Crippen LogP contribution in [0.1, 0.15) is 133 Å². The van der Waals surface area contributed by atoms with Crippen LogP contribution < -0.4 is 23.8 Å². The summed E-state index contributed by atoms with van der Waals surface area (Å²) >= 11 is 5.93. The molecular weight excluding hydrogens is 1380 g/mol. The number of methoxy groups -OCH3 is 1. The second-order valence-corrected chi connectivity index (χ2v) is 29.9. The average Bonchev–Trinajstić information content (AvgIpc) is 1.63. The average molecular weight is 1490 g/mol. The van der Waals surface area contributed by atoms with Crippen molar-refractivity contribution in [2.75, 3.05) is 84.2 Å². The van der Waals surface area contributed by atoms with Gasteiger partial charge in [0.15, 0.2) is 0 Å². The summed E-state index contributed by atoms with van der Waals surface area (Å²) in [6, 6.07) is 67.1. The smallest absolute Gasteiger partial charge is 0.247 e. The van der Waals surface area contributed by atoms with Gasteiger partial charge in [-0.2, -0.15) is 0 Å². The van der Waals surface area contributed by atoms with E-state index in [0.717, 1.165) is 150 Å². The molecule has 0 saturated carbocycles. The second-order valence-electron chi connectivity index (χ2n) is 29.5. The number of anilines is 1. The minimum atomic E-state index is 0.0882. The molecule has 12 aromatic rings. The van der Waals surface area contributed by atoms with Gasteiger partial charge in [-0.1, -0.05) is 122 Å². The van der Waals surface area contributed by atoms with Crippen LogP contribution in [0.25, 0.3) is 44.1 Å². The molecule has 0 spiro atoms. The molecule has 4 aliphatic rings. The van der Waals surface area contributed by atoms with Gasteiger partial charge in [-0.15, -0.1) is 0 Å². The maximum absolute atomic E-state index is 13.4. The third-order valence-electron chi connectivity index (χ3n) is 21.5. The van der Waals surface area contributed by atoms with Crippen molar-refractivity contribution in [2.45, 2.75) is 163 Å². The number of ether oxygens (including phenoxy) is 4. The number of carbonyl (C=O) groups is 1. The predicted octanol–water partition coefficient (Wildman–Crippen LogP) is 18.3. The van der Waals surface area contributed by atoms with Gasteiger partial charge >= 0.3 is 0 Å². The van der Waals surface area contributed by atoms with E-state index >= 15 is 0 Å². The lowest BCUT2D eigenvalue weighted by atomic mass is 10.1. The summed E-state index contributed by atoms with van der Waals surface area (Å²) < 4.78 is 32.2. The zero-order valence-corrected chi connectivity index (χ0v) is 65.4. The van der Waals surface area contributed by atoms with Gasteiger partial charge < -0.3 is 42.1 Å². The van der Waals surface area contributed by atoms with Crippen LogP contribution >= 0.6 is 11.6 Å². The van der Waals surface area contributed by atoms with Crippen molar-refractivity contribution in [3.63, 3.8) is 0 Å². The Morgan fingerprint density at radius 3 is 1.26 bits per heavy atom. The van der Waals surface area contributed by atoms with Crippen molar-refractivity contribution in [2.24, 2.45) is 0 Å². The van der Waals surface area contributed by atoms with Crippen molar-refractivity contribution in [3.8, 4) is 23.0 Å². The third kappa shape index (κ3) is 20.9. The molecule has 572 valence electrons. The highest BCUT2D eigenvalue weighted by atomic mass is 35.5. The van der Waals surface area contributed by atoms with Gasteiger partial charge in [0, 0.05) is 16.8 Å². The molecule has 109 heavy (non-hydrogen) atoms. The number of carbonyl (C=O) groups excluding carboxylic acids is 1. The number of aryl methyl sites for hydroxylation is 1. The molecule has 8 aromatic carbocycles. The Morgan fingerprint density at radius 2 is 0.789 bits per heavy atom. The number of piperidine rings is 4. The molecule has 4 aromatic heterocycles. The Balaban J connectivity index is 0.000000128. The summed E-state index contributed by atoms with van der Waals surface area (Å²) in [7, 11) is 1.67. The number of benzene rings is 8. The van der Waals surface area contributed by atoms with Crippen LogP contribution in [0.5, 0.6) is 23.0 Å². The number of hydrogen-bond donors (Lipinski definition) is 0. The number of halogens is 1. The lowest BCUT2D eigenvalue weighted by Crippen LogP contribution is -2.39. The van der Waals surface area contributed by atoms with Crippen molar-refractivity contribution in [1.82, 2.24) is 57.8 Å². The van der Waals surface area contributed by atoms with Gasteiger partial charge in [0.05, 0.1) is 96.6 Å². The lowest BCUT2D eigenvalue weighted by molar-refractivity contribution is -0.119. The first kappa shape index (κ1) is 77.6. The molecule has 4 fully saturated rings. The summed E-state index contributed by atoms with van der Waals surface area (Å²) in [5, 5.41) is 0.724. The molecule has 0 bridgehead atoms. The van der Waals surface area contributed by atoms with Gasteiger partial charge in [0.1, 0.15) is 72.7 Å². The van der Waals surface area contributed by atoms with E-state index in [-0.39, 0.29) is 11.9 Å². The first-order valence-corrected chi connectivity index (χ1v) is 40.3. The number of aromatic nitrogens is 8. The lowest BCUT2D eigenvalue weighted by Gasteiger charge is -2.32. The number of rotatable bonds is 25. The van der Waals surface area contributed by atoms with E-state index in [1.54, 1.807) is 7.11 Å². The first-order valence-electron chi connectivity index (χ1n) is 39.9. The Hall–Kier alpha value is -9.56. The number of amides is 1. The fourth-order valence-electron chi connectivity index (χ4n) is 15.7. The topological polar surface area (TPSA) is 141 Å². The van der Waals surface area contributed by atoms with Gasteiger partial charge in [-0.25, -0.2) is 19.9 Å². The maximum Gasteiger partial charge on any atom is 0.247 e. The van der Waals surface area contributed by atoms with Crippen LogP contribution in [0, 0.1) is 6.92 Å². The molecular formula is C90H110ClN13O5. The van der Waals surface area contributed by atoms with E-state index in [2.05, 4.69) is 150 Å². The fourth-order valence-corrected chi connectivity index (χ4v) is 15.8. The monoisotopic (exact) mass is 1490 g/mol. The van der Waals surface area contributed by atoms with Crippen LogP contribution in [0.15, 0.2) is 200 Å². The van der Waals surface area contributed by atoms with Crippen molar-refractivity contribution >= 4 is 67.3 Å². The fraction of sp³-hybridized carbons (Fsp3) is 0.411. The van der Waals surface area contributed by atoms with E-state index in [0.29, 0.717) is 32.4 Å². The minimum Gasteiger partial charge on any atom is -0.497 e. The number of nitrogens with zero attached hydrogens (tertiary/aromatic N) is 13. The molecule has 18 nitrogen and oxygen atoms in total. The molecule has 4 saturated heterocycles. The highest BCUT2D eigenvalue weighted by molar-refractivity contribution is 6.30. The zero-order chi connectivity index (χ0) is 75.1. The Morgan fingerprint density at radius 1 is 0.413 bits per heavy atom. The van der Waals surface area contributed by atoms with E-state index in [1.807, 2.05) is 120 Å². The summed E-state index contributed by atoms with van der Waals surface area (Å²) in [6.45, 7) is 24.9. The molecule has 19 heteroatoms. The molecule has 0 N–H and O–H groups in total. The third-order valence-corrected chi connectivity index (χ3v) is 21.7. The molecule has 1 unspecified atom stereocenters. The van der Waals surface area contributed by atoms with E-state index in [9.17, 15) is 4.79 Å². The van der Waals surface area contributed by atoms with E-state index < -0.39 is 0 Å². The number of para-hydroxylation sites is 10. The maximum atomic E-state index is 13.4. The van der Waals surface area contributed by atoms with Gasteiger partial charge in [-0.05, 0) is 252 Å². The van der Waals surface area contributed by atoms with Crippen LogP contribution in [-0.4, -0.2) is 149 Å². The number of fused-ring (bicyclic) bond motifs is 4. The quantitative estimate of drug-likeness (QED) is 0.0536. The number of likely N-dealkylation sites (tertiary alicyclic amines) is 4. The molecule has 8 heterocycles. The first-order chi connectivity index (χ1) is 53.5. The Kier molecular flexibility index (Phi) is 27.9. The standard InChI is InChI=1S/C24H30N4O.C23H29N3O2.C22H27N3O.C21H24ClN3O/c1-19(2)28(20-11-5-3-6-12-20)24(29)18-27-22-14-8-7-13-21(22)25-23(27)17-26-15-9-4-10-16-26;1-18(25-14-6-3-7-15-25)23-24-21-8-4-5-9-22(21)26(23)16-17-28-20-12-10-19(27-2)11-13-20;1-18-9-3-6-12-21(18)26-16-15-25-20-11-5-4-10-19(20)23-22(25)17-24-13-7-2-8-14-24;22-17-8-10-18(11-9-17)26-15-14-25-20-7-3-2-6-19(20)23-21(25)16-24-12-4-1-5-13-24/h3,5-8,11-14,19H,4,9-10,15-18H2,1-2H3;4-5,8-13,18H,3,6-7,14-17H2,1-2H3;3-6,9-12H,2,7-8,13-17H2,1H3;2-3,6-11H,1,4-5,12-16H2. The normalized spacial score (nSPS) is 15.6. The van der Waals surface area contributed by atoms with Crippen molar-refractivity contribution in [1.29, 1.82) is 0 Å². The molecule has 1 atom stereocenters. The SMILES string of the molecule is CC(C)N(C(=O)Cn1c(CN2CCCCC2)nc2ccccc21)c1ccccc1.COc1ccc(OCCn2c(C(C)N3CCCCC3)nc3ccccc32)cc1.Cc1ccccc1OCCn1c(CN2CCCCC2)nc2ccccc21.Clc1ccc(OCCn2c(CN3CCCCC3)nc3ccccc32)cc1. The van der Waals surface area contributed by atoms with E-state index in [4.69, 9.17) is 50.5 Å². The highest BCUT2D eigenvalue weighted by Gasteiger charge is 2.27. The second kappa shape index (κ2) is 39.2. The minimum absolute atomic E-state index is 0.0882. The van der Waals surface area contributed by atoms with Crippen LogP contribution in [0.3, 0.4) is 0 Å². The molecule has 1 amide bonds. The molecule has 16 rings (SSSR count). The largest absolute Gasteiger partial charge is 0.497 e. The summed E-state index contributed by atoms with van der Waals surface area (Å²) in [4.78, 5) is 45.0. The zero-order valence-electron chi connectivity index (χ0n) is 64.7. The van der Waals surface area contributed by atoms with Crippen LogP contribution in [0.4, 0.5) is 5.69 Å².